The molecule has 16 heavy (non-hydrogen) atoms. The first-order chi connectivity index (χ1) is 7.54. The van der Waals surface area contributed by atoms with Crippen LogP contribution in [0.15, 0.2) is 0 Å². The van der Waals surface area contributed by atoms with E-state index in [1.54, 1.807) is 0 Å². The summed E-state index contributed by atoms with van der Waals surface area (Å²) >= 11 is 0. The van der Waals surface area contributed by atoms with Gasteiger partial charge in [0.05, 0.1) is 12.7 Å². The van der Waals surface area contributed by atoms with Gasteiger partial charge in [-0.3, -0.25) is 0 Å². The van der Waals surface area contributed by atoms with Gasteiger partial charge in [-0.1, -0.05) is 34.1 Å². The Hall–Kier alpha value is -0.0800. The lowest BCUT2D eigenvalue weighted by atomic mass is 9.75. The van der Waals surface area contributed by atoms with E-state index in [-0.39, 0.29) is 0 Å². The van der Waals surface area contributed by atoms with Crippen LogP contribution in [-0.4, -0.2) is 19.3 Å². The maximum absolute atomic E-state index is 6.10. The Labute approximate surface area is 101 Å². The van der Waals surface area contributed by atoms with Gasteiger partial charge in [0.15, 0.2) is 0 Å². The molecule has 4 unspecified atom stereocenters. The van der Waals surface area contributed by atoms with Crippen molar-refractivity contribution in [3.63, 3.8) is 0 Å². The molecule has 1 aliphatic carbocycles. The summed E-state index contributed by atoms with van der Waals surface area (Å²) in [5.74, 6) is 2.81. The second-order valence-corrected chi connectivity index (χ2v) is 6.04. The second-order valence-electron chi connectivity index (χ2n) is 6.04. The largest absolute Gasteiger partial charge is 0.378 e. The molecule has 0 aromatic heterocycles. The van der Waals surface area contributed by atoms with Crippen LogP contribution in [0.1, 0.15) is 47.0 Å². The Morgan fingerprint density at radius 1 is 1.25 bits per heavy atom. The third kappa shape index (κ3) is 4.06. The van der Waals surface area contributed by atoms with Crippen molar-refractivity contribution in [1.29, 1.82) is 0 Å². The quantitative estimate of drug-likeness (QED) is 0.783. The Morgan fingerprint density at radius 2 is 1.94 bits per heavy atom. The molecule has 2 heteroatoms. The molecule has 0 amide bonds. The highest BCUT2D eigenvalue weighted by Crippen LogP contribution is 2.35. The van der Waals surface area contributed by atoms with Gasteiger partial charge in [-0.2, -0.15) is 0 Å². The molecule has 4 atom stereocenters. The van der Waals surface area contributed by atoms with Crippen molar-refractivity contribution in [2.45, 2.75) is 53.1 Å². The molecule has 1 rings (SSSR count). The normalized spacial score (nSPS) is 33.0. The van der Waals surface area contributed by atoms with Crippen LogP contribution in [0.3, 0.4) is 0 Å². The Bertz CT molecular complexity index is 193. The third-order valence-electron chi connectivity index (χ3n) is 3.96. The lowest BCUT2D eigenvalue weighted by molar-refractivity contribution is -0.0485. The molecule has 0 radical (unpaired) electrons. The highest BCUT2D eigenvalue weighted by molar-refractivity contribution is 4.81. The number of rotatable bonds is 5. The first-order valence-electron chi connectivity index (χ1n) is 6.86. The van der Waals surface area contributed by atoms with Crippen molar-refractivity contribution in [1.82, 2.24) is 0 Å². The lowest BCUT2D eigenvalue weighted by Gasteiger charge is -2.37. The molecule has 1 aliphatic rings. The first kappa shape index (κ1) is 14.0. The summed E-state index contributed by atoms with van der Waals surface area (Å²) in [6.07, 6.45) is 4.41. The van der Waals surface area contributed by atoms with Crippen LogP contribution in [0.5, 0.6) is 0 Å². The van der Waals surface area contributed by atoms with Gasteiger partial charge in [0, 0.05) is 0 Å². The number of ether oxygens (including phenoxy) is 1. The van der Waals surface area contributed by atoms with Crippen molar-refractivity contribution in [3.05, 3.63) is 0 Å². The van der Waals surface area contributed by atoms with Gasteiger partial charge >= 0.3 is 0 Å². The van der Waals surface area contributed by atoms with Gasteiger partial charge in [-0.25, -0.2) is 0 Å². The molecule has 1 fully saturated rings. The zero-order valence-corrected chi connectivity index (χ0v) is 11.4. The Kier molecular flexibility index (Phi) is 5.77. The minimum absolute atomic E-state index is 0.470. The first-order valence-corrected chi connectivity index (χ1v) is 6.86. The van der Waals surface area contributed by atoms with Crippen molar-refractivity contribution in [3.8, 4) is 0 Å². The lowest BCUT2D eigenvalue weighted by Crippen LogP contribution is -2.35. The van der Waals surface area contributed by atoms with Crippen LogP contribution in [0.4, 0.5) is 0 Å². The van der Waals surface area contributed by atoms with Crippen molar-refractivity contribution in [2.24, 2.45) is 29.4 Å². The minimum Gasteiger partial charge on any atom is -0.378 e. The summed E-state index contributed by atoms with van der Waals surface area (Å²) < 4.78 is 6.10. The van der Waals surface area contributed by atoms with Crippen molar-refractivity contribution in [2.75, 3.05) is 13.2 Å². The molecule has 0 saturated heterocycles. The molecule has 0 bridgehead atoms. The molecule has 0 aromatic carbocycles. The van der Waals surface area contributed by atoms with E-state index in [1.807, 2.05) is 0 Å². The van der Waals surface area contributed by atoms with Crippen LogP contribution in [-0.2, 0) is 4.74 Å². The van der Waals surface area contributed by atoms with E-state index < -0.39 is 0 Å². The summed E-state index contributed by atoms with van der Waals surface area (Å²) in [6.45, 7) is 10.7. The average Bonchev–Trinajstić information content (AvgIpc) is 2.25. The molecular formula is C14H29NO. The summed E-state index contributed by atoms with van der Waals surface area (Å²) in [6, 6.07) is 0. The fourth-order valence-corrected chi connectivity index (χ4v) is 2.66. The zero-order chi connectivity index (χ0) is 12.1. The third-order valence-corrected chi connectivity index (χ3v) is 3.96. The summed E-state index contributed by atoms with van der Waals surface area (Å²) in [5.41, 5.74) is 5.63. The molecule has 0 aromatic rings. The minimum atomic E-state index is 0.470. The fourth-order valence-electron chi connectivity index (χ4n) is 2.66. The van der Waals surface area contributed by atoms with Gasteiger partial charge in [-0.05, 0) is 43.1 Å². The van der Waals surface area contributed by atoms with Crippen molar-refractivity contribution >= 4 is 0 Å². The Morgan fingerprint density at radius 3 is 2.50 bits per heavy atom. The predicted octanol–water partition coefficient (Wildman–Crippen LogP) is 3.06. The molecule has 0 spiro atoms. The summed E-state index contributed by atoms with van der Waals surface area (Å²) in [7, 11) is 0. The van der Waals surface area contributed by atoms with Gasteiger partial charge < -0.3 is 10.5 Å². The van der Waals surface area contributed by atoms with Crippen LogP contribution < -0.4 is 5.73 Å². The molecule has 2 nitrogen and oxygen atoms in total. The highest BCUT2D eigenvalue weighted by Gasteiger charge is 2.31. The predicted molar refractivity (Wildman–Crippen MR) is 69.3 cm³/mol. The van der Waals surface area contributed by atoms with E-state index in [4.69, 9.17) is 10.5 Å². The zero-order valence-electron chi connectivity index (χ0n) is 11.4. The van der Waals surface area contributed by atoms with Crippen LogP contribution >= 0.6 is 0 Å². The summed E-state index contributed by atoms with van der Waals surface area (Å²) in [5, 5.41) is 0. The number of hydrogen-bond donors (Lipinski definition) is 1. The van der Waals surface area contributed by atoms with E-state index in [2.05, 4.69) is 27.7 Å². The fraction of sp³-hybridized carbons (Fsp3) is 1.00. The molecule has 2 N–H and O–H groups in total. The van der Waals surface area contributed by atoms with E-state index in [0.717, 1.165) is 30.9 Å². The molecule has 0 aliphatic heterocycles. The molecule has 96 valence electrons. The monoisotopic (exact) mass is 227 g/mol. The van der Waals surface area contributed by atoms with Crippen LogP contribution in [0, 0.1) is 23.7 Å². The molecule has 0 heterocycles. The van der Waals surface area contributed by atoms with E-state index in [1.165, 1.54) is 19.3 Å². The Balaban J connectivity index is 2.44. The van der Waals surface area contributed by atoms with Gasteiger partial charge in [0.2, 0.25) is 0 Å². The average molecular weight is 227 g/mol. The number of nitrogens with two attached hydrogens (primary N) is 1. The van der Waals surface area contributed by atoms with E-state index in [0.29, 0.717) is 12.0 Å². The molecular weight excluding hydrogens is 198 g/mol. The van der Waals surface area contributed by atoms with Gasteiger partial charge in [0.1, 0.15) is 0 Å². The standard InChI is InChI=1S/C14H29NO/c1-10(2)13-6-5-11(3)7-14(13)16-9-12(4)8-15/h10-14H,5-9,15H2,1-4H3. The van der Waals surface area contributed by atoms with Gasteiger partial charge in [-0.15, -0.1) is 0 Å². The van der Waals surface area contributed by atoms with Crippen LogP contribution in [0.2, 0.25) is 0 Å². The van der Waals surface area contributed by atoms with Crippen LogP contribution in [0.25, 0.3) is 0 Å². The second kappa shape index (κ2) is 6.61. The topological polar surface area (TPSA) is 35.2 Å². The number of hydrogen-bond acceptors (Lipinski definition) is 2. The van der Waals surface area contributed by atoms with E-state index in [9.17, 15) is 0 Å². The van der Waals surface area contributed by atoms with Gasteiger partial charge in [0.25, 0.3) is 0 Å². The highest BCUT2D eigenvalue weighted by atomic mass is 16.5. The SMILES string of the molecule is CC(CN)COC1CC(C)CCC1C(C)C. The van der Waals surface area contributed by atoms with E-state index >= 15 is 0 Å². The smallest absolute Gasteiger partial charge is 0.0608 e. The summed E-state index contributed by atoms with van der Waals surface area (Å²) in [4.78, 5) is 0. The molecule has 1 saturated carbocycles. The maximum Gasteiger partial charge on any atom is 0.0608 e. The maximum atomic E-state index is 6.10. The van der Waals surface area contributed by atoms with Crippen molar-refractivity contribution < 1.29 is 4.74 Å².